The molecule has 1 rings (SSSR count). The number of ether oxygens (including phenoxy) is 1. The fourth-order valence-electron chi connectivity index (χ4n) is 1.23. The van der Waals surface area contributed by atoms with Gasteiger partial charge >= 0.3 is 0 Å². The van der Waals surface area contributed by atoms with Crippen LogP contribution >= 0.6 is 11.8 Å². The lowest BCUT2D eigenvalue weighted by Gasteiger charge is -2.05. The van der Waals surface area contributed by atoms with Crippen LogP contribution in [0.1, 0.15) is 19.3 Å². The topological polar surface area (TPSA) is 33.0 Å². The van der Waals surface area contributed by atoms with Gasteiger partial charge in [0.05, 0.1) is 12.7 Å². The summed E-state index contributed by atoms with van der Waals surface area (Å²) in [5.74, 6) is 3.02. The summed E-state index contributed by atoms with van der Waals surface area (Å²) in [6.45, 7) is 0.781. The lowest BCUT2D eigenvalue weighted by atomic mass is 10.3. The second-order valence-corrected chi connectivity index (χ2v) is 4.61. The van der Waals surface area contributed by atoms with Gasteiger partial charge in [-0.1, -0.05) is 18.2 Å². The lowest BCUT2D eigenvalue weighted by Crippen LogP contribution is -1.97. The Kier molecular flexibility index (Phi) is 7.36. The molecule has 0 aliphatic rings. The van der Waals surface area contributed by atoms with Crippen LogP contribution in [0.2, 0.25) is 0 Å². The quantitative estimate of drug-likeness (QED) is 0.647. The van der Waals surface area contributed by atoms with E-state index in [1.54, 1.807) is 0 Å². The Morgan fingerprint density at radius 2 is 1.94 bits per heavy atom. The summed E-state index contributed by atoms with van der Waals surface area (Å²) in [4.78, 5) is 0. The summed E-state index contributed by atoms with van der Waals surface area (Å²) in [6.07, 6.45) is 2.89. The van der Waals surface area contributed by atoms with E-state index in [0.717, 1.165) is 36.7 Å². The number of unbranched alkanes of at least 4 members (excludes halogenated alkanes) is 1. The third-order valence-corrected chi connectivity index (χ3v) is 3.12. The van der Waals surface area contributed by atoms with Gasteiger partial charge in [0, 0.05) is 12.2 Å². The summed E-state index contributed by atoms with van der Waals surface area (Å²) < 4.78 is 5.57. The van der Waals surface area contributed by atoms with Crippen molar-refractivity contribution in [3.8, 4) is 11.8 Å². The van der Waals surface area contributed by atoms with Crippen LogP contribution in [0.5, 0.6) is 5.75 Å². The van der Waals surface area contributed by atoms with Gasteiger partial charge in [-0.15, -0.1) is 0 Å². The molecule has 0 bridgehead atoms. The average molecular weight is 235 g/mol. The number of benzene rings is 1. The minimum atomic E-state index is 0.658. The summed E-state index contributed by atoms with van der Waals surface area (Å²) in [5, 5.41) is 8.35. The first-order valence-corrected chi connectivity index (χ1v) is 6.71. The zero-order valence-corrected chi connectivity index (χ0v) is 10.2. The van der Waals surface area contributed by atoms with E-state index >= 15 is 0 Å². The smallest absolute Gasteiger partial charge is 0.119 e. The molecule has 0 aliphatic carbocycles. The number of hydrogen-bond donors (Lipinski definition) is 0. The van der Waals surface area contributed by atoms with Crippen LogP contribution in [0, 0.1) is 11.3 Å². The van der Waals surface area contributed by atoms with E-state index in [2.05, 4.69) is 6.07 Å². The molecular weight excluding hydrogens is 218 g/mol. The monoisotopic (exact) mass is 235 g/mol. The molecule has 0 amide bonds. The molecular formula is C13H17NOS. The fraction of sp³-hybridized carbons (Fsp3) is 0.462. The minimum absolute atomic E-state index is 0.658. The van der Waals surface area contributed by atoms with Gasteiger partial charge < -0.3 is 4.74 Å². The van der Waals surface area contributed by atoms with Crippen molar-refractivity contribution in [1.29, 1.82) is 5.26 Å². The van der Waals surface area contributed by atoms with Crippen molar-refractivity contribution in [3.63, 3.8) is 0 Å². The maximum Gasteiger partial charge on any atom is 0.119 e. The first kappa shape index (κ1) is 12.9. The largest absolute Gasteiger partial charge is 0.494 e. The number of hydrogen-bond acceptors (Lipinski definition) is 3. The second-order valence-electron chi connectivity index (χ2n) is 3.39. The Morgan fingerprint density at radius 3 is 2.69 bits per heavy atom. The van der Waals surface area contributed by atoms with Crippen LogP contribution in [-0.2, 0) is 0 Å². The zero-order valence-electron chi connectivity index (χ0n) is 9.39. The van der Waals surface area contributed by atoms with Crippen LogP contribution in [0.4, 0.5) is 0 Å². The Morgan fingerprint density at radius 1 is 1.12 bits per heavy atom. The van der Waals surface area contributed by atoms with Crippen LogP contribution in [-0.4, -0.2) is 18.1 Å². The Bertz CT molecular complexity index is 307. The van der Waals surface area contributed by atoms with Crippen LogP contribution in [0.15, 0.2) is 30.3 Å². The lowest BCUT2D eigenvalue weighted by molar-refractivity contribution is 0.310. The number of nitriles is 1. The molecule has 0 aliphatic heterocycles. The molecule has 1 aromatic carbocycles. The average Bonchev–Trinajstić information content (AvgIpc) is 2.34. The van der Waals surface area contributed by atoms with Gasteiger partial charge in [-0.3, -0.25) is 0 Å². The van der Waals surface area contributed by atoms with Gasteiger partial charge in [0.1, 0.15) is 5.75 Å². The van der Waals surface area contributed by atoms with Crippen LogP contribution in [0.25, 0.3) is 0 Å². The maximum absolute atomic E-state index is 8.35. The molecule has 0 heterocycles. The van der Waals surface area contributed by atoms with Crippen molar-refractivity contribution in [3.05, 3.63) is 30.3 Å². The fourth-order valence-corrected chi connectivity index (χ4v) is 2.08. The van der Waals surface area contributed by atoms with Crippen molar-refractivity contribution in [2.24, 2.45) is 0 Å². The van der Waals surface area contributed by atoms with Crippen molar-refractivity contribution < 1.29 is 4.74 Å². The predicted molar refractivity (Wildman–Crippen MR) is 68.7 cm³/mol. The van der Waals surface area contributed by atoms with E-state index in [1.807, 2.05) is 42.1 Å². The first-order chi connectivity index (χ1) is 7.93. The van der Waals surface area contributed by atoms with E-state index in [9.17, 15) is 0 Å². The molecule has 0 spiro atoms. The number of para-hydroxylation sites is 1. The SMILES string of the molecule is N#CCCSCCCCOc1ccccc1. The summed E-state index contributed by atoms with van der Waals surface area (Å²) in [6, 6.07) is 12.0. The van der Waals surface area contributed by atoms with E-state index in [4.69, 9.17) is 10.00 Å². The van der Waals surface area contributed by atoms with Gasteiger partial charge in [-0.05, 0) is 30.7 Å². The van der Waals surface area contributed by atoms with E-state index in [1.165, 1.54) is 0 Å². The molecule has 16 heavy (non-hydrogen) atoms. The molecule has 1 aromatic rings. The van der Waals surface area contributed by atoms with Gasteiger partial charge in [0.25, 0.3) is 0 Å². The molecule has 2 nitrogen and oxygen atoms in total. The Hall–Kier alpha value is -1.14. The van der Waals surface area contributed by atoms with Crippen molar-refractivity contribution in [2.45, 2.75) is 19.3 Å². The highest BCUT2D eigenvalue weighted by atomic mass is 32.2. The number of rotatable bonds is 8. The van der Waals surface area contributed by atoms with Gasteiger partial charge in [0.15, 0.2) is 0 Å². The molecule has 0 saturated heterocycles. The Labute approximate surface area is 102 Å². The molecule has 0 N–H and O–H groups in total. The van der Waals surface area contributed by atoms with Gasteiger partial charge in [0.2, 0.25) is 0 Å². The molecule has 0 atom stereocenters. The van der Waals surface area contributed by atoms with Crippen LogP contribution < -0.4 is 4.74 Å². The third kappa shape index (κ3) is 6.36. The zero-order chi connectivity index (χ0) is 11.5. The highest BCUT2D eigenvalue weighted by Crippen LogP contribution is 2.10. The highest BCUT2D eigenvalue weighted by Gasteiger charge is 1.93. The molecule has 0 saturated carbocycles. The molecule has 3 heteroatoms. The molecule has 0 fully saturated rings. The van der Waals surface area contributed by atoms with E-state index < -0.39 is 0 Å². The summed E-state index contributed by atoms with van der Waals surface area (Å²) >= 11 is 1.85. The Balaban J connectivity index is 1.91. The summed E-state index contributed by atoms with van der Waals surface area (Å²) in [7, 11) is 0. The minimum Gasteiger partial charge on any atom is -0.494 e. The number of thioether (sulfide) groups is 1. The van der Waals surface area contributed by atoms with E-state index in [0.29, 0.717) is 6.42 Å². The van der Waals surface area contributed by atoms with Gasteiger partial charge in [-0.25, -0.2) is 0 Å². The van der Waals surface area contributed by atoms with Crippen LogP contribution in [0.3, 0.4) is 0 Å². The number of nitrogens with zero attached hydrogens (tertiary/aromatic N) is 1. The maximum atomic E-state index is 8.35. The second kappa shape index (κ2) is 9.11. The summed E-state index contributed by atoms with van der Waals surface area (Å²) in [5.41, 5.74) is 0. The van der Waals surface area contributed by atoms with Crippen molar-refractivity contribution in [1.82, 2.24) is 0 Å². The van der Waals surface area contributed by atoms with Gasteiger partial charge in [-0.2, -0.15) is 17.0 Å². The van der Waals surface area contributed by atoms with E-state index in [-0.39, 0.29) is 0 Å². The van der Waals surface area contributed by atoms with Crippen molar-refractivity contribution in [2.75, 3.05) is 18.1 Å². The first-order valence-electron chi connectivity index (χ1n) is 5.56. The van der Waals surface area contributed by atoms with Crippen molar-refractivity contribution >= 4 is 11.8 Å². The molecule has 0 unspecified atom stereocenters. The predicted octanol–water partition coefficient (Wildman–Crippen LogP) is 3.49. The molecule has 86 valence electrons. The molecule has 0 radical (unpaired) electrons. The third-order valence-electron chi connectivity index (χ3n) is 2.05. The normalized spacial score (nSPS) is 9.69. The standard InChI is InChI=1S/C13H17NOS/c14-9-6-12-16-11-5-4-10-15-13-7-2-1-3-8-13/h1-3,7-8H,4-6,10-12H2. The highest BCUT2D eigenvalue weighted by molar-refractivity contribution is 7.99. The molecule has 0 aromatic heterocycles.